The maximum absolute atomic E-state index is 11.4. The maximum Gasteiger partial charge on any atom is 0.232 e. The summed E-state index contributed by atoms with van der Waals surface area (Å²) < 4.78 is 24.1. The predicted molar refractivity (Wildman–Crippen MR) is 59.6 cm³/mol. The van der Waals surface area contributed by atoms with Crippen LogP contribution >= 0.6 is 0 Å². The molecule has 0 aliphatic carbocycles. The van der Waals surface area contributed by atoms with Crippen molar-refractivity contribution in [1.29, 1.82) is 0 Å². The van der Waals surface area contributed by atoms with Crippen molar-refractivity contribution >= 4 is 15.7 Å². The van der Waals surface area contributed by atoms with Crippen LogP contribution in [0.15, 0.2) is 36.7 Å². The van der Waals surface area contributed by atoms with Gasteiger partial charge < -0.3 is 5.32 Å². The van der Waals surface area contributed by atoms with E-state index in [2.05, 4.69) is 5.32 Å². The molecule has 0 radical (unpaired) electrons. The number of anilines is 1. The minimum absolute atomic E-state index is 0.374. The van der Waals surface area contributed by atoms with Gasteiger partial charge in [-0.25, -0.2) is 8.42 Å². The minimum Gasteiger partial charge on any atom is -0.360 e. The molecule has 0 saturated carbocycles. The molecule has 2 rings (SSSR count). The third-order valence-electron chi connectivity index (χ3n) is 2.25. The van der Waals surface area contributed by atoms with Gasteiger partial charge in [0.2, 0.25) is 10.0 Å². The average Bonchev–Trinajstić information content (AvgIpc) is 2.38. The van der Waals surface area contributed by atoms with E-state index in [1.54, 1.807) is 6.20 Å². The van der Waals surface area contributed by atoms with Gasteiger partial charge in [-0.2, -0.15) is 0 Å². The van der Waals surface area contributed by atoms with E-state index in [1.807, 2.05) is 24.3 Å². The standard InChI is InChI=1S/C10H12N2O2S/c1-15(13,14)12-7-6-11-10-5-3-2-4-9(10)8-12/h2-7,11H,8H2,1H3. The van der Waals surface area contributed by atoms with E-state index in [-0.39, 0.29) is 0 Å². The van der Waals surface area contributed by atoms with Crippen LogP contribution in [0.5, 0.6) is 0 Å². The molecule has 5 heteroatoms. The average molecular weight is 224 g/mol. The Balaban J connectivity index is 2.39. The van der Waals surface area contributed by atoms with Gasteiger partial charge in [-0.3, -0.25) is 4.31 Å². The van der Waals surface area contributed by atoms with Gasteiger partial charge in [0.05, 0.1) is 12.8 Å². The van der Waals surface area contributed by atoms with Crippen molar-refractivity contribution in [2.75, 3.05) is 11.6 Å². The first-order valence-electron chi connectivity index (χ1n) is 4.55. The third kappa shape index (κ3) is 2.12. The van der Waals surface area contributed by atoms with E-state index in [0.717, 1.165) is 11.3 Å². The number of hydrogen-bond acceptors (Lipinski definition) is 3. The fraction of sp³-hybridized carbons (Fsp3) is 0.200. The maximum atomic E-state index is 11.4. The number of benzene rings is 1. The highest BCUT2D eigenvalue weighted by Gasteiger charge is 2.16. The lowest BCUT2D eigenvalue weighted by atomic mass is 10.2. The first-order valence-corrected chi connectivity index (χ1v) is 6.40. The molecule has 0 spiro atoms. The second-order valence-electron chi connectivity index (χ2n) is 3.43. The van der Waals surface area contributed by atoms with Gasteiger partial charge in [-0.05, 0) is 11.6 Å². The predicted octanol–water partition coefficient (Wildman–Crippen LogP) is 1.34. The highest BCUT2D eigenvalue weighted by atomic mass is 32.2. The van der Waals surface area contributed by atoms with Gasteiger partial charge in [0.25, 0.3) is 0 Å². The van der Waals surface area contributed by atoms with Crippen LogP contribution in [-0.4, -0.2) is 19.0 Å². The Labute approximate surface area is 89.3 Å². The zero-order valence-corrected chi connectivity index (χ0v) is 9.16. The monoisotopic (exact) mass is 224 g/mol. The molecule has 1 aliphatic heterocycles. The molecule has 15 heavy (non-hydrogen) atoms. The van der Waals surface area contributed by atoms with Crippen molar-refractivity contribution in [3.63, 3.8) is 0 Å². The number of nitrogens with one attached hydrogen (secondary N) is 1. The Hall–Kier alpha value is -1.49. The molecule has 1 aromatic carbocycles. The Kier molecular flexibility index (Phi) is 2.40. The molecule has 1 aromatic rings. The van der Waals surface area contributed by atoms with Crippen LogP contribution in [0.2, 0.25) is 0 Å². The van der Waals surface area contributed by atoms with Crippen LogP contribution in [0.4, 0.5) is 5.69 Å². The first-order chi connectivity index (χ1) is 7.07. The molecular formula is C10H12N2O2S. The number of fused-ring (bicyclic) bond motifs is 1. The van der Waals surface area contributed by atoms with Crippen molar-refractivity contribution in [2.45, 2.75) is 6.54 Å². The van der Waals surface area contributed by atoms with Crippen molar-refractivity contribution in [1.82, 2.24) is 4.31 Å². The SMILES string of the molecule is CS(=O)(=O)N1C=CNc2ccccc2C1. The molecule has 0 atom stereocenters. The normalized spacial score (nSPS) is 15.4. The Bertz CT molecular complexity index is 494. The highest BCUT2D eigenvalue weighted by Crippen LogP contribution is 2.21. The molecule has 1 aliphatic rings. The van der Waals surface area contributed by atoms with Crippen molar-refractivity contribution in [3.05, 3.63) is 42.2 Å². The zero-order valence-electron chi connectivity index (χ0n) is 8.34. The van der Waals surface area contributed by atoms with Crippen LogP contribution in [-0.2, 0) is 16.6 Å². The summed E-state index contributed by atoms with van der Waals surface area (Å²) in [6, 6.07) is 7.64. The molecule has 0 bridgehead atoms. The van der Waals surface area contributed by atoms with E-state index >= 15 is 0 Å². The third-order valence-corrected chi connectivity index (χ3v) is 3.35. The fourth-order valence-corrected chi connectivity index (χ4v) is 2.11. The molecule has 80 valence electrons. The van der Waals surface area contributed by atoms with Gasteiger partial charge in [0.15, 0.2) is 0 Å². The van der Waals surface area contributed by atoms with Gasteiger partial charge in [-0.1, -0.05) is 18.2 Å². The number of rotatable bonds is 1. The van der Waals surface area contributed by atoms with Crippen LogP contribution in [0.3, 0.4) is 0 Å². The summed E-state index contributed by atoms with van der Waals surface area (Å²) >= 11 is 0. The molecule has 1 heterocycles. The van der Waals surface area contributed by atoms with E-state index in [4.69, 9.17) is 0 Å². The highest BCUT2D eigenvalue weighted by molar-refractivity contribution is 7.88. The van der Waals surface area contributed by atoms with Gasteiger partial charge >= 0.3 is 0 Å². The fourth-order valence-electron chi connectivity index (χ4n) is 1.46. The van der Waals surface area contributed by atoms with Crippen LogP contribution < -0.4 is 5.32 Å². The number of sulfonamides is 1. The van der Waals surface area contributed by atoms with Crippen molar-refractivity contribution < 1.29 is 8.42 Å². The summed E-state index contributed by atoms with van der Waals surface area (Å²) in [5.41, 5.74) is 1.91. The Morgan fingerprint density at radius 3 is 2.80 bits per heavy atom. The smallest absolute Gasteiger partial charge is 0.232 e. The van der Waals surface area contributed by atoms with Crippen LogP contribution in [0.1, 0.15) is 5.56 Å². The van der Waals surface area contributed by atoms with Crippen LogP contribution in [0.25, 0.3) is 0 Å². The summed E-state index contributed by atoms with van der Waals surface area (Å²) in [7, 11) is -3.19. The van der Waals surface area contributed by atoms with Crippen molar-refractivity contribution in [3.8, 4) is 0 Å². The molecule has 0 fully saturated rings. The minimum atomic E-state index is -3.19. The lowest BCUT2D eigenvalue weighted by Gasteiger charge is -2.16. The lowest BCUT2D eigenvalue weighted by Crippen LogP contribution is -2.23. The summed E-state index contributed by atoms with van der Waals surface area (Å²) in [4.78, 5) is 0. The molecule has 1 N–H and O–H groups in total. The molecule has 0 amide bonds. The summed E-state index contributed by atoms with van der Waals surface area (Å²) in [6.45, 7) is 0.374. The second kappa shape index (κ2) is 3.58. The largest absolute Gasteiger partial charge is 0.360 e. The molecule has 0 saturated heterocycles. The summed E-state index contributed by atoms with van der Waals surface area (Å²) in [5.74, 6) is 0. The van der Waals surface area contributed by atoms with E-state index in [9.17, 15) is 8.42 Å². The molecule has 0 aromatic heterocycles. The van der Waals surface area contributed by atoms with Crippen LogP contribution in [0, 0.1) is 0 Å². The molecular weight excluding hydrogens is 212 g/mol. The summed E-state index contributed by atoms with van der Waals surface area (Å²) in [5, 5.41) is 3.04. The Morgan fingerprint density at radius 2 is 2.07 bits per heavy atom. The van der Waals surface area contributed by atoms with Gasteiger partial charge in [0.1, 0.15) is 0 Å². The topological polar surface area (TPSA) is 49.4 Å². The Morgan fingerprint density at radius 1 is 1.33 bits per heavy atom. The van der Waals surface area contributed by atoms with Gasteiger partial charge in [-0.15, -0.1) is 0 Å². The van der Waals surface area contributed by atoms with Crippen molar-refractivity contribution in [2.24, 2.45) is 0 Å². The number of para-hydroxylation sites is 1. The van der Waals surface area contributed by atoms with Gasteiger partial charge in [0, 0.05) is 18.1 Å². The number of nitrogens with zero attached hydrogens (tertiary/aromatic N) is 1. The second-order valence-corrected chi connectivity index (χ2v) is 5.36. The van der Waals surface area contributed by atoms with E-state index < -0.39 is 10.0 Å². The molecule has 4 nitrogen and oxygen atoms in total. The number of hydrogen-bond donors (Lipinski definition) is 1. The van der Waals surface area contributed by atoms with E-state index in [0.29, 0.717) is 6.54 Å². The van der Waals surface area contributed by atoms with E-state index in [1.165, 1.54) is 16.8 Å². The summed E-state index contributed by atoms with van der Waals surface area (Å²) in [6.07, 6.45) is 4.37. The first kappa shape index (κ1) is 10.0. The lowest BCUT2D eigenvalue weighted by molar-refractivity contribution is 0.503. The quantitative estimate of drug-likeness (QED) is 0.783. The molecule has 0 unspecified atom stereocenters. The zero-order chi connectivity index (χ0) is 10.9.